The Bertz CT molecular complexity index is 409. The summed E-state index contributed by atoms with van der Waals surface area (Å²) in [5.74, 6) is 1.16. The number of hydrogen-bond donors (Lipinski definition) is 2. The first-order valence-electron chi connectivity index (χ1n) is 5.76. The molecule has 0 aromatic carbocycles. The van der Waals surface area contributed by atoms with Gasteiger partial charge in [-0.25, -0.2) is 4.98 Å². The van der Waals surface area contributed by atoms with Crippen LogP contribution in [0, 0.1) is 5.92 Å². The Balaban J connectivity index is 2.09. The molecular weight excluding hydrogens is 218 g/mol. The number of nitrogens with one attached hydrogen (secondary N) is 1. The molecule has 6 nitrogen and oxygen atoms in total. The third kappa shape index (κ3) is 2.64. The normalized spacial score (nSPS) is 20.1. The van der Waals surface area contributed by atoms with Crippen molar-refractivity contribution < 1.29 is 4.79 Å². The SMILES string of the molecule is CNC(=O)C1CCCN(c2nccc(N)n2)C1. The molecule has 1 aliphatic rings. The van der Waals surface area contributed by atoms with Crippen LogP contribution >= 0.6 is 0 Å². The highest BCUT2D eigenvalue weighted by Gasteiger charge is 2.26. The van der Waals surface area contributed by atoms with Crippen LogP contribution in [0.15, 0.2) is 12.3 Å². The van der Waals surface area contributed by atoms with Crippen molar-refractivity contribution in [2.75, 3.05) is 30.8 Å². The van der Waals surface area contributed by atoms with Gasteiger partial charge in [0.15, 0.2) is 0 Å². The molecule has 2 rings (SSSR count). The van der Waals surface area contributed by atoms with Gasteiger partial charge in [-0.3, -0.25) is 4.79 Å². The van der Waals surface area contributed by atoms with E-state index in [-0.39, 0.29) is 11.8 Å². The molecule has 2 heterocycles. The van der Waals surface area contributed by atoms with Gasteiger partial charge in [-0.05, 0) is 18.9 Å². The first-order chi connectivity index (χ1) is 8.20. The third-order valence-electron chi connectivity index (χ3n) is 2.99. The van der Waals surface area contributed by atoms with Crippen LogP contribution in [0.25, 0.3) is 0 Å². The Morgan fingerprint density at radius 2 is 2.47 bits per heavy atom. The van der Waals surface area contributed by atoms with Gasteiger partial charge in [0.2, 0.25) is 11.9 Å². The van der Waals surface area contributed by atoms with Gasteiger partial charge in [0.25, 0.3) is 0 Å². The Hall–Kier alpha value is -1.85. The summed E-state index contributed by atoms with van der Waals surface area (Å²) >= 11 is 0. The van der Waals surface area contributed by atoms with Gasteiger partial charge in [-0.1, -0.05) is 0 Å². The average Bonchev–Trinajstić information content (AvgIpc) is 2.38. The summed E-state index contributed by atoms with van der Waals surface area (Å²) in [5.41, 5.74) is 5.63. The molecule has 0 bridgehead atoms. The molecule has 17 heavy (non-hydrogen) atoms. The fourth-order valence-electron chi connectivity index (χ4n) is 2.09. The molecule has 1 aromatic rings. The number of carbonyl (C=O) groups is 1. The zero-order valence-electron chi connectivity index (χ0n) is 9.89. The summed E-state index contributed by atoms with van der Waals surface area (Å²) in [6, 6.07) is 1.66. The van der Waals surface area contributed by atoms with Crippen molar-refractivity contribution in [3.8, 4) is 0 Å². The average molecular weight is 235 g/mol. The molecule has 6 heteroatoms. The molecule has 1 aromatic heterocycles. The lowest BCUT2D eigenvalue weighted by Gasteiger charge is -2.31. The Morgan fingerprint density at radius 1 is 1.65 bits per heavy atom. The van der Waals surface area contributed by atoms with E-state index in [1.54, 1.807) is 19.3 Å². The number of nitrogens with zero attached hydrogens (tertiary/aromatic N) is 3. The molecule has 1 aliphatic heterocycles. The van der Waals surface area contributed by atoms with Gasteiger partial charge in [0.1, 0.15) is 5.82 Å². The van der Waals surface area contributed by atoms with Gasteiger partial charge in [-0.15, -0.1) is 0 Å². The lowest BCUT2D eigenvalue weighted by molar-refractivity contribution is -0.124. The number of carbonyl (C=O) groups excluding carboxylic acids is 1. The molecule has 3 N–H and O–H groups in total. The van der Waals surface area contributed by atoms with E-state index in [9.17, 15) is 4.79 Å². The zero-order chi connectivity index (χ0) is 12.3. The minimum absolute atomic E-state index is 0.0128. The van der Waals surface area contributed by atoms with Crippen molar-refractivity contribution in [2.24, 2.45) is 5.92 Å². The standard InChI is InChI=1S/C11H17N5O/c1-13-10(17)8-3-2-6-16(7-8)11-14-5-4-9(12)15-11/h4-5,8H,2-3,6-7H2,1H3,(H,13,17)(H2,12,14,15). The minimum atomic E-state index is 0.0128. The predicted molar refractivity (Wildman–Crippen MR) is 65.4 cm³/mol. The summed E-state index contributed by atoms with van der Waals surface area (Å²) in [5, 5.41) is 2.69. The van der Waals surface area contributed by atoms with E-state index in [1.807, 2.05) is 4.90 Å². The second-order valence-corrected chi connectivity index (χ2v) is 4.18. The highest BCUT2D eigenvalue weighted by molar-refractivity contribution is 5.79. The summed E-state index contributed by atoms with van der Waals surface area (Å²) in [7, 11) is 1.66. The largest absolute Gasteiger partial charge is 0.384 e. The Morgan fingerprint density at radius 3 is 3.18 bits per heavy atom. The number of piperidine rings is 1. The van der Waals surface area contributed by atoms with Gasteiger partial charge >= 0.3 is 0 Å². The molecule has 0 spiro atoms. The van der Waals surface area contributed by atoms with Crippen molar-refractivity contribution in [3.05, 3.63) is 12.3 Å². The summed E-state index contributed by atoms with van der Waals surface area (Å²) in [6.07, 6.45) is 3.52. The zero-order valence-corrected chi connectivity index (χ0v) is 9.89. The molecule has 1 atom stereocenters. The topological polar surface area (TPSA) is 84.1 Å². The Labute approximate surface area is 100 Å². The number of anilines is 2. The molecule has 0 aliphatic carbocycles. The van der Waals surface area contributed by atoms with Crippen molar-refractivity contribution in [1.29, 1.82) is 0 Å². The highest BCUT2D eigenvalue weighted by atomic mass is 16.1. The maximum Gasteiger partial charge on any atom is 0.227 e. The second-order valence-electron chi connectivity index (χ2n) is 4.18. The maximum atomic E-state index is 11.6. The number of nitrogens with two attached hydrogens (primary N) is 1. The maximum absolute atomic E-state index is 11.6. The smallest absolute Gasteiger partial charge is 0.227 e. The van der Waals surface area contributed by atoms with Crippen molar-refractivity contribution in [3.63, 3.8) is 0 Å². The van der Waals surface area contributed by atoms with Gasteiger partial charge in [0, 0.05) is 26.3 Å². The van der Waals surface area contributed by atoms with Crippen molar-refractivity contribution in [1.82, 2.24) is 15.3 Å². The van der Waals surface area contributed by atoms with Crippen LogP contribution < -0.4 is 16.0 Å². The fraction of sp³-hybridized carbons (Fsp3) is 0.545. The summed E-state index contributed by atoms with van der Waals surface area (Å²) in [4.78, 5) is 22.0. The van der Waals surface area contributed by atoms with Gasteiger partial charge in [-0.2, -0.15) is 4.98 Å². The molecule has 1 amide bonds. The van der Waals surface area contributed by atoms with E-state index in [4.69, 9.17) is 5.73 Å². The van der Waals surface area contributed by atoms with Crippen LogP contribution in [0.3, 0.4) is 0 Å². The van der Waals surface area contributed by atoms with Crippen LogP contribution in [-0.2, 0) is 4.79 Å². The third-order valence-corrected chi connectivity index (χ3v) is 2.99. The quantitative estimate of drug-likeness (QED) is 0.755. The van der Waals surface area contributed by atoms with Crippen molar-refractivity contribution >= 4 is 17.7 Å². The number of amides is 1. The van der Waals surface area contributed by atoms with Crippen LogP contribution in [0.1, 0.15) is 12.8 Å². The van der Waals surface area contributed by atoms with Crippen LogP contribution in [0.2, 0.25) is 0 Å². The molecule has 1 unspecified atom stereocenters. The lowest BCUT2D eigenvalue weighted by atomic mass is 9.97. The van der Waals surface area contributed by atoms with E-state index in [1.165, 1.54) is 0 Å². The first-order valence-corrected chi connectivity index (χ1v) is 5.76. The van der Waals surface area contributed by atoms with E-state index in [0.717, 1.165) is 19.4 Å². The summed E-state index contributed by atoms with van der Waals surface area (Å²) < 4.78 is 0. The van der Waals surface area contributed by atoms with E-state index < -0.39 is 0 Å². The molecular formula is C11H17N5O. The van der Waals surface area contributed by atoms with Gasteiger partial charge in [0.05, 0.1) is 5.92 Å². The van der Waals surface area contributed by atoms with E-state index in [2.05, 4.69) is 15.3 Å². The van der Waals surface area contributed by atoms with Crippen LogP contribution in [-0.4, -0.2) is 36.0 Å². The molecule has 0 saturated carbocycles. The van der Waals surface area contributed by atoms with Crippen molar-refractivity contribution in [2.45, 2.75) is 12.8 Å². The van der Waals surface area contributed by atoms with E-state index >= 15 is 0 Å². The molecule has 92 valence electrons. The molecule has 1 fully saturated rings. The van der Waals surface area contributed by atoms with Crippen LogP contribution in [0.4, 0.5) is 11.8 Å². The minimum Gasteiger partial charge on any atom is -0.384 e. The van der Waals surface area contributed by atoms with E-state index in [0.29, 0.717) is 18.3 Å². The lowest BCUT2D eigenvalue weighted by Crippen LogP contribution is -2.42. The number of nitrogen functional groups attached to an aromatic ring is 1. The number of aromatic nitrogens is 2. The number of rotatable bonds is 2. The molecule has 1 saturated heterocycles. The first kappa shape index (κ1) is 11.6. The fourth-order valence-corrected chi connectivity index (χ4v) is 2.09. The predicted octanol–water partition coefficient (Wildman–Crippen LogP) is 0.0212. The monoisotopic (exact) mass is 235 g/mol. The van der Waals surface area contributed by atoms with Gasteiger partial charge < -0.3 is 16.0 Å². The number of hydrogen-bond acceptors (Lipinski definition) is 5. The Kier molecular flexibility index (Phi) is 3.41. The highest BCUT2D eigenvalue weighted by Crippen LogP contribution is 2.20. The summed E-state index contributed by atoms with van der Waals surface area (Å²) in [6.45, 7) is 1.53. The molecule has 0 radical (unpaired) electrons. The second kappa shape index (κ2) is 4.99. The van der Waals surface area contributed by atoms with Crippen LogP contribution in [0.5, 0.6) is 0 Å².